The number of rotatable bonds is 3. The second-order valence-corrected chi connectivity index (χ2v) is 3.70. The van der Waals surface area contributed by atoms with Crippen LogP contribution in [0.25, 0.3) is 0 Å². The first-order valence-corrected chi connectivity index (χ1v) is 4.61. The van der Waals surface area contributed by atoms with Crippen LogP contribution in [0.4, 0.5) is 5.82 Å². The molecule has 1 rings (SSSR count). The van der Waals surface area contributed by atoms with Crippen LogP contribution in [-0.4, -0.2) is 28.6 Å². The molecule has 0 aliphatic carbocycles. The Kier molecular flexibility index (Phi) is 3.26. The molecule has 3 N–H and O–H groups in total. The lowest BCUT2D eigenvalue weighted by Gasteiger charge is -2.22. The zero-order chi connectivity index (χ0) is 11.5. The van der Waals surface area contributed by atoms with Crippen LogP contribution in [-0.2, 0) is 4.79 Å². The number of amides is 1. The third-order valence-electron chi connectivity index (χ3n) is 2.21. The van der Waals surface area contributed by atoms with Gasteiger partial charge in [-0.05, 0) is 33.0 Å². The van der Waals surface area contributed by atoms with Crippen LogP contribution in [0.3, 0.4) is 0 Å². The number of hydrogen-bond acceptors (Lipinski definition) is 4. The van der Waals surface area contributed by atoms with Gasteiger partial charge >= 0.3 is 0 Å². The van der Waals surface area contributed by atoms with E-state index in [0.717, 1.165) is 0 Å². The summed E-state index contributed by atoms with van der Waals surface area (Å²) in [5.74, 6) is -0.123. The molecule has 0 radical (unpaired) electrons. The molecule has 0 aromatic carbocycles. The highest BCUT2D eigenvalue weighted by Crippen LogP contribution is 2.19. The Balaban J connectivity index is 2.80. The minimum absolute atomic E-state index is 0.0437. The summed E-state index contributed by atoms with van der Waals surface area (Å²) in [4.78, 5) is 15.5. The van der Waals surface area contributed by atoms with Crippen LogP contribution in [0, 0.1) is 0 Å². The molecule has 0 unspecified atom stereocenters. The number of likely N-dealkylation sites (N-methyl/N-ethyl adjacent to an activating group) is 1. The van der Waals surface area contributed by atoms with Crippen molar-refractivity contribution in [1.29, 1.82) is 0 Å². The van der Waals surface area contributed by atoms with E-state index in [1.807, 2.05) is 0 Å². The maximum absolute atomic E-state index is 11.7. The summed E-state index contributed by atoms with van der Waals surface area (Å²) in [5, 5.41) is 14.8. The van der Waals surface area contributed by atoms with E-state index in [1.54, 1.807) is 27.0 Å². The van der Waals surface area contributed by atoms with Gasteiger partial charge in [0, 0.05) is 6.20 Å². The van der Waals surface area contributed by atoms with Crippen molar-refractivity contribution in [3.63, 3.8) is 0 Å². The SMILES string of the molecule is CNC(C)(C)C(=O)Nc1ncccc1O. The van der Waals surface area contributed by atoms with Gasteiger partial charge in [-0.3, -0.25) is 4.79 Å². The fourth-order valence-corrected chi connectivity index (χ4v) is 0.870. The molecule has 0 saturated carbocycles. The Hall–Kier alpha value is -1.62. The monoisotopic (exact) mass is 209 g/mol. The van der Waals surface area contributed by atoms with E-state index < -0.39 is 5.54 Å². The Labute approximate surface area is 88.5 Å². The lowest BCUT2D eigenvalue weighted by molar-refractivity contribution is -0.121. The molecular formula is C10H15N3O2. The van der Waals surface area contributed by atoms with Crippen molar-refractivity contribution in [2.45, 2.75) is 19.4 Å². The number of nitrogens with zero attached hydrogens (tertiary/aromatic N) is 1. The van der Waals surface area contributed by atoms with Crippen LogP contribution in [0.2, 0.25) is 0 Å². The minimum Gasteiger partial charge on any atom is -0.504 e. The van der Waals surface area contributed by atoms with E-state index in [2.05, 4.69) is 15.6 Å². The molecule has 0 atom stereocenters. The third-order valence-corrected chi connectivity index (χ3v) is 2.21. The number of nitrogens with one attached hydrogen (secondary N) is 2. The van der Waals surface area contributed by atoms with Gasteiger partial charge in [0.2, 0.25) is 5.91 Å². The Morgan fingerprint density at radius 3 is 2.73 bits per heavy atom. The molecule has 5 nitrogen and oxygen atoms in total. The van der Waals surface area contributed by atoms with E-state index in [4.69, 9.17) is 0 Å². The minimum atomic E-state index is -0.704. The normalized spacial score (nSPS) is 11.1. The van der Waals surface area contributed by atoms with Crippen LogP contribution in [0.15, 0.2) is 18.3 Å². The summed E-state index contributed by atoms with van der Waals surface area (Å²) in [7, 11) is 1.69. The maximum Gasteiger partial charge on any atom is 0.245 e. The maximum atomic E-state index is 11.7. The Bertz CT molecular complexity index is 363. The van der Waals surface area contributed by atoms with Crippen molar-refractivity contribution in [1.82, 2.24) is 10.3 Å². The summed E-state index contributed by atoms with van der Waals surface area (Å²) >= 11 is 0. The van der Waals surface area contributed by atoms with Gasteiger partial charge in [-0.1, -0.05) is 0 Å². The molecule has 82 valence electrons. The van der Waals surface area contributed by atoms with Gasteiger partial charge in [-0.2, -0.15) is 0 Å². The number of aromatic hydroxyl groups is 1. The number of pyridine rings is 1. The molecule has 0 saturated heterocycles. The van der Waals surface area contributed by atoms with Crippen molar-refractivity contribution in [2.75, 3.05) is 12.4 Å². The second-order valence-electron chi connectivity index (χ2n) is 3.70. The molecule has 0 fully saturated rings. The average molecular weight is 209 g/mol. The van der Waals surface area contributed by atoms with E-state index >= 15 is 0 Å². The summed E-state index contributed by atoms with van der Waals surface area (Å²) < 4.78 is 0. The highest BCUT2D eigenvalue weighted by atomic mass is 16.3. The summed E-state index contributed by atoms with van der Waals surface area (Å²) in [6.07, 6.45) is 1.50. The number of anilines is 1. The van der Waals surface area contributed by atoms with Gasteiger partial charge in [-0.15, -0.1) is 0 Å². The van der Waals surface area contributed by atoms with Gasteiger partial charge in [-0.25, -0.2) is 4.98 Å². The van der Waals surface area contributed by atoms with Crippen molar-refractivity contribution in [3.05, 3.63) is 18.3 Å². The van der Waals surface area contributed by atoms with Crippen molar-refractivity contribution < 1.29 is 9.90 Å². The molecule has 1 amide bonds. The number of hydrogen-bond donors (Lipinski definition) is 3. The highest BCUT2D eigenvalue weighted by molar-refractivity contribution is 5.97. The van der Waals surface area contributed by atoms with Gasteiger partial charge < -0.3 is 15.7 Å². The van der Waals surface area contributed by atoms with Crippen LogP contribution in [0.1, 0.15) is 13.8 Å². The van der Waals surface area contributed by atoms with Gasteiger partial charge in [0.1, 0.15) is 0 Å². The summed E-state index contributed by atoms with van der Waals surface area (Å²) in [6, 6.07) is 3.06. The second kappa shape index (κ2) is 4.27. The molecule has 0 aliphatic heterocycles. The van der Waals surface area contributed by atoms with Crippen molar-refractivity contribution in [3.8, 4) is 5.75 Å². The highest BCUT2D eigenvalue weighted by Gasteiger charge is 2.25. The standard InChI is InChI=1S/C10H15N3O2/c1-10(2,11-3)9(15)13-8-7(14)5-4-6-12-8/h4-6,11,14H,1-3H3,(H,12,13,15). The van der Waals surface area contributed by atoms with E-state index in [0.29, 0.717) is 0 Å². The molecule has 0 bridgehead atoms. The van der Waals surface area contributed by atoms with Crippen LogP contribution >= 0.6 is 0 Å². The first-order chi connectivity index (χ1) is 6.97. The van der Waals surface area contributed by atoms with Crippen LogP contribution < -0.4 is 10.6 Å². The molecule has 0 aliphatic rings. The first kappa shape index (κ1) is 11.5. The Morgan fingerprint density at radius 1 is 1.53 bits per heavy atom. The summed E-state index contributed by atoms with van der Waals surface area (Å²) in [6.45, 7) is 3.48. The number of aromatic nitrogens is 1. The van der Waals surface area contributed by atoms with Gasteiger partial charge in [0.05, 0.1) is 5.54 Å². The fraction of sp³-hybridized carbons (Fsp3) is 0.400. The fourth-order valence-electron chi connectivity index (χ4n) is 0.870. The molecule has 0 spiro atoms. The largest absolute Gasteiger partial charge is 0.504 e. The van der Waals surface area contributed by atoms with Gasteiger partial charge in [0.15, 0.2) is 11.6 Å². The number of carbonyl (C=O) groups excluding carboxylic acids is 1. The molecule has 1 heterocycles. The lowest BCUT2D eigenvalue weighted by Crippen LogP contribution is -2.48. The molecule has 1 aromatic heterocycles. The molecule has 5 heteroatoms. The average Bonchev–Trinajstić information content (AvgIpc) is 2.21. The molecule has 15 heavy (non-hydrogen) atoms. The molecular weight excluding hydrogens is 194 g/mol. The summed E-state index contributed by atoms with van der Waals surface area (Å²) in [5.41, 5.74) is -0.704. The third kappa shape index (κ3) is 2.66. The van der Waals surface area contributed by atoms with Crippen molar-refractivity contribution in [2.24, 2.45) is 0 Å². The predicted octanol–water partition coefficient (Wildman–Crippen LogP) is 0.724. The van der Waals surface area contributed by atoms with Crippen molar-refractivity contribution >= 4 is 11.7 Å². The first-order valence-electron chi connectivity index (χ1n) is 4.61. The quantitative estimate of drug-likeness (QED) is 0.686. The zero-order valence-corrected chi connectivity index (χ0v) is 9.03. The van der Waals surface area contributed by atoms with E-state index in [-0.39, 0.29) is 17.5 Å². The zero-order valence-electron chi connectivity index (χ0n) is 9.03. The van der Waals surface area contributed by atoms with E-state index in [9.17, 15) is 9.90 Å². The lowest BCUT2D eigenvalue weighted by atomic mass is 10.1. The van der Waals surface area contributed by atoms with Crippen LogP contribution in [0.5, 0.6) is 5.75 Å². The van der Waals surface area contributed by atoms with Gasteiger partial charge in [0.25, 0.3) is 0 Å². The molecule has 1 aromatic rings. The van der Waals surface area contributed by atoms with E-state index in [1.165, 1.54) is 12.3 Å². The Morgan fingerprint density at radius 2 is 2.20 bits per heavy atom. The topological polar surface area (TPSA) is 74.2 Å². The number of carbonyl (C=O) groups is 1. The predicted molar refractivity (Wildman–Crippen MR) is 57.7 cm³/mol. The smallest absolute Gasteiger partial charge is 0.245 e.